The van der Waals surface area contributed by atoms with Crippen molar-refractivity contribution in [1.82, 2.24) is 14.8 Å². The van der Waals surface area contributed by atoms with Gasteiger partial charge in [-0.2, -0.15) is 0 Å². The van der Waals surface area contributed by atoms with Crippen molar-refractivity contribution in [3.05, 3.63) is 89.5 Å². The molecule has 2 aliphatic heterocycles. The molecule has 33 heavy (non-hydrogen) atoms. The molecule has 0 radical (unpaired) electrons. The zero-order valence-electron chi connectivity index (χ0n) is 18.2. The van der Waals surface area contributed by atoms with Crippen molar-refractivity contribution in [2.45, 2.75) is 25.0 Å². The number of hydrogen-bond donors (Lipinski definition) is 1. The molecule has 4 heterocycles. The van der Waals surface area contributed by atoms with E-state index in [9.17, 15) is 9.59 Å². The Hall–Kier alpha value is -4.00. The average Bonchev–Trinajstić information content (AvgIpc) is 3.48. The number of methoxy groups -OCH3 is 1. The number of para-hydroxylation sites is 2. The molecule has 2 aromatic carbocycles. The monoisotopic (exact) mass is 441 g/mol. The van der Waals surface area contributed by atoms with Crippen LogP contribution in [0.15, 0.2) is 71.3 Å². The topological polar surface area (TPSA) is 78.8 Å². The summed E-state index contributed by atoms with van der Waals surface area (Å²) in [6, 6.07) is 18.3. The van der Waals surface area contributed by atoms with Gasteiger partial charge in [0, 0.05) is 28.6 Å². The number of ether oxygens (including phenoxy) is 1. The van der Waals surface area contributed by atoms with Gasteiger partial charge in [0.15, 0.2) is 0 Å². The standard InChI is InChI=1S/C26H23N3O4/c1-32-22-11-5-3-9-18(22)25-24-19(17-8-2-4-10-20(17)27-24)13-21-26(31)28(15-23(30)29(21)25)14-16-7-6-12-33-16/h2-12,21,25,27H,13-15H2,1H3/t21-,25+/m0/s1. The third kappa shape index (κ3) is 3.03. The van der Waals surface area contributed by atoms with Gasteiger partial charge in [0.2, 0.25) is 11.8 Å². The van der Waals surface area contributed by atoms with Crippen molar-refractivity contribution in [2.75, 3.05) is 13.7 Å². The Labute approximate surface area is 190 Å². The van der Waals surface area contributed by atoms with E-state index in [0.717, 1.165) is 27.7 Å². The van der Waals surface area contributed by atoms with Crippen LogP contribution in [0.3, 0.4) is 0 Å². The average molecular weight is 441 g/mol. The normalized spacial score (nSPS) is 20.2. The summed E-state index contributed by atoms with van der Waals surface area (Å²) in [6.07, 6.45) is 2.04. The van der Waals surface area contributed by atoms with Crippen molar-refractivity contribution >= 4 is 22.7 Å². The number of aromatic amines is 1. The fourth-order valence-corrected chi connectivity index (χ4v) is 5.26. The summed E-state index contributed by atoms with van der Waals surface area (Å²) >= 11 is 0. The molecule has 1 fully saturated rings. The van der Waals surface area contributed by atoms with Crippen molar-refractivity contribution in [3.8, 4) is 5.75 Å². The highest BCUT2D eigenvalue weighted by atomic mass is 16.5. The number of piperazine rings is 1. The maximum atomic E-state index is 13.7. The number of furan rings is 1. The van der Waals surface area contributed by atoms with E-state index < -0.39 is 12.1 Å². The lowest BCUT2D eigenvalue weighted by Gasteiger charge is -2.47. The van der Waals surface area contributed by atoms with Crippen LogP contribution in [-0.2, 0) is 22.6 Å². The van der Waals surface area contributed by atoms with Gasteiger partial charge < -0.3 is 23.9 Å². The van der Waals surface area contributed by atoms with Crippen LogP contribution < -0.4 is 4.74 Å². The molecule has 0 bridgehead atoms. The largest absolute Gasteiger partial charge is 0.496 e. The second-order valence-electron chi connectivity index (χ2n) is 8.50. The van der Waals surface area contributed by atoms with Crippen molar-refractivity contribution in [2.24, 2.45) is 0 Å². The molecule has 6 rings (SSSR count). The smallest absolute Gasteiger partial charge is 0.246 e. The summed E-state index contributed by atoms with van der Waals surface area (Å²) in [5.74, 6) is 1.19. The van der Waals surface area contributed by atoms with Crippen LogP contribution in [0.5, 0.6) is 5.75 Å². The number of H-pyrrole nitrogens is 1. The maximum absolute atomic E-state index is 13.7. The van der Waals surface area contributed by atoms with Crippen LogP contribution in [0.25, 0.3) is 10.9 Å². The molecule has 2 amide bonds. The van der Waals surface area contributed by atoms with Crippen LogP contribution in [0.1, 0.15) is 28.6 Å². The molecule has 4 aromatic rings. The van der Waals surface area contributed by atoms with Gasteiger partial charge in [0.05, 0.1) is 19.9 Å². The molecule has 2 atom stereocenters. The Morgan fingerprint density at radius 2 is 1.88 bits per heavy atom. The zero-order valence-corrected chi connectivity index (χ0v) is 18.2. The fourth-order valence-electron chi connectivity index (χ4n) is 5.26. The molecule has 0 spiro atoms. The lowest BCUT2D eigenvalue weighted by atomic mass is 9.86. The number of nitrogens with one attached hydrogen (secondary N) is 1. The first-order valence-corrected chi connectivity index (χ1v) is 11.0. The summed E-state index contributed by atoms with van der Waals surface area (Å²) in [5.41, 5.74) is 3.87. The lowest BCUT2D eigenvalue weighted by Crippen LogP contribution is -2.62. The number of fused-ring (bicyclic) bond motifs is 4. The minimum atomic E-state index is -0.595. The van der Waals surface area contributed by atoms with E-state index in [1.165, 1.54) is 0 Å². The molecule has 0 aliphatic carbocycles. The molecule has 1 saturated heterocycles. The van der Waals surface area contributed by atoms with Crippen LogP contribution in [0, 0.1) is 0 Å². The van der Waals surface area contributed by atoms with Crippen LogP contribution in [0.2, 0.25) is 0 Å². The third-order valence-corrected chi connectivity index (χ3v) is 6.70. The zero-order chi connectivity index (χ0) is 22.5. The molecular formula is C26H23N3O4. The molecule has 166 valence electrons. The van der Waals surface area contributed by atoms with Crippen LogP contribution in [0.4, 0.5) is 0 Å². The predicted molar refractivity (Wildman–Crippen MR) is 122 cm³/mol. The van der Waals surface area contributed by atoms with Crippen molar-refractivity contribution in [1.29, 1.82) is 0 Å². The number of carbonyl (C=O) groups is 2. The van der Waals surface area contributed by atoms with Crippen LogP contribution in [-0.4, -0.2) is 46.3 Å². The third-order valence-electron chi connectivity index (χ3n) is 6.70. The molecular weight excluding hydrogens is 418 g/mol. The quantitative estimate of drug-likeness (QED) is 0.524. The Morgan fingerprint density at radius 1 is 1.06 bits per heavy atom. The van der Waals surface area contributed by atoms with Crippen molar-refractivity contribution < 1.29 is 18.7 Å². The summed E-state index contributed by atoms with van der Waals surface area (Å²) < 4.78 is 11.1. The Morgan fingerprint density at radius 3 is 2.70 bits per heavy atom. The summed E-state index contributed by atoms with van der Waals surface area (Å²) in [7, 11) is 1.62. The van der Waals surface area contributed by atoms with E-state index >= 15 is 0 Å². The molecule has 2 aromatic heterocycles. The number of hydrogen-bond acceptors (Lipinski definition) is 4. The lowest BCUT2D eigenvalue weighted by molar-refractivity contribution is -0.159. The first-order valence-electron chi connectivity index (χ1n) is 11.0. The van der Waals surface area contributed by atoms with E-state index in [0.29, 0.717) is 17.9 Å². The number of carbonyl (C=O) groups excluding carboxylic acids is 2. The predicted octanol–water partition coefficient (Wildman–Crippen LogP) is 3.65. The minimum absolute atomic E-state index is 0.0112. The maximum Gasteiger partial charge on any atom is 0.246 e. The van der Waals surface area contributed by atoms with Gasteiger partial charge in [-0.25, -0.2) is 0 Å². The first-order chi connectivity index (χ1) is 16.2. The van der Waals surface area contributed by atoms with Gasteiger partial charge in [-0.15, -0.1) is 0 Å². The Kier molecular flexibility index (Phi) is 4.50. The summed E-state index contributed by atoms with van der Waals surface area (Å²) in [4.78, 5) is 34.1. The van der Waals surface area contributed by atoms with Gasteiger partial charge in [0.1, 0.15) is 30.1 Å². The number of aromatic nitrogens is 1. The van der Waals surface area contributed by atoms with Gasteiger partial charge in [0.25, 0.3) is 0 Å². The highest BCUT2D eigenvalue weighted by Gasteiger charge is 2.48. The van der Waals surface area contributed by atoms with Gasteiger partial charge in [-0.3, -0.25) is 9.59 Å². The second kappa shape index (κ2) is 7.55. The fraction of sp³-hybridized carbons (Fsp3) is 0.231. The number of rotatable bonds is 4. The minimum Gasteiger partial charge on any atom is -0.496 e. The molecule has 1 N–H and O–H groups in total. The van der Waals surface area contributed by atoms with E-state index in [1.807, 2.05) is 48.5 Å². The van der Waals surface area contributed by atoms with E-state index in [-0.39, 0.29) is 24.9 Å². The number of nitrogens with zero attached hydrogens (tertiary/aromatic N) is 2. The van der Waals surface area contributed by atoms with Gasteiger partial charge in [-0.1, -0.05) is 36.4 Å². The van der Waals surface area contributed by atoms with E-state index in [4.69, 9.17) is 9.15 Å². The second-order valence-corrected chi connectivity index (χ2v) is 8.50. The first kappa shape index (κ1) is 19.7. The summed E-state index contributed by atoms with van der Waals surface area (Å²) in [6.45, 7) is 0.291. The van der Waals surface area contributed by atoms with E-state index in [1.54, 1.807) is 29.2 Å². The molecule has 2 aliphatic rings. The van der Waals surface area contributed by atoms with Gasteiger partial charge >= 0.3 is 0 Å². The highest BCUT2D eigenvalue weighted by Crippen LogP contribution is 2.44. The SMILES string of the molecule is COc1ccccc1[C@@H]1c2[nH]c3ccccc3c2C[C@H]2C(=O)N(Cc3ccco3)CC(=O)N12. The van der Waals surface area contributed by atoms with Crippen molar-refractivity contribution in [3.63, 3.8) is 0 Å². The van der Waals surface area contributed by atoms with Gasteiger partial charge in [-0.05, 0) is 29.8 Å². The molecule has 7 heteroatoms. The molecule has 7 nitrogen and oxygen atoms in total. The molecule has 0 saturated carbocycles. The highest BCUT2D eigenvalue weighted by molar-refractivity contribution is 5.97. The van der Waals surface area contributed by atoms with E-state index in [2.05, 4.69) is 11.1 Å². The Balaban J connectivity index is 1.51. The molecule has 0 unspecified atom stereocenters. The number of amides is 2. The van der Waals surface area contributed by atoms with Crippen LogP contribution >= 0.6 is 0 Å². The number of benzene rings is 2. The summed E-state index contributed by atoms with van der Waals surface area (Å²) in [5, 5.41) is 1.08. The Bertz CT molecular complexity index is 1360.